The van der Waals surface area contributed by atoms with Crippen LogP contribution in [0.25, 0.3) is 11.3 Å². The van der Waals surface area contributed by atoms with E-state index in [4.69, 9.17) is 0 Å². The summed E-state index contributed by atoms with van der Waals surface area (Å²) in [6.45, 7) is 0. The van der Waals surface area contributed by atoms with E-state index in [0.29, 0.717) is 17.9 Å². The van der Waals surface area contributed by atoms with Crippen LogP contribution in [-0.4, -0.2) is 26.6 Å². The number of anilines is 3. The van der Waals surface area contributed by atoms with E-state index in [0.717, 1.165) is 46.7 Å². The quantitative estimate of drug-likeness (QED) is 0.412. The largest absolute Gasteiger partial charge is 0.356 e. The predicted molar refractivity (Wildman–Crippen MR) is 121 cm³/mol. The molecule has 0 radical (unpaired) electrons. The summed E-state index contributed by atoms with van der Waals surface area (Å²) >= 11 is 1.36. The minimum Gasteiger partial charge on any atom is -0.356 e. The van der Waals surface area contributed by atoms with Gasteiger partial charge in [-0.05, 0) is 37.1 Å². The van der Waals surface area contributed by atoms with E-state index in [1.807, 2.05) is 36.4 Å². The summed E-state index contributed by atoms with van der Waals surface area (Å²) in [6.07, 6.45) is 3.84. The molecule has 8 heteroatoms. The molecule has 5 rings (SSSR count). The molecule has 0 saturated carbocycles. The molecule has 0 saturated heterocycles. The number of pyridine rings is 1. The molecule has 1 aliphatic carbocycles. The first kappa shape index (κ1) is 19.2. The van der Waals surface area contributed by atoms with Gasteiger partial charge in [0.25, 0.3) is 5.91 Å². The monoisotopic (exact) mass is 429 g/mol. The first-order valence-electron chi connectivity index (χ1n) is 9.95. The molecule has 4 aromatic rings. The molecule has 1 aromatic carbocycles. The van der Waals surface area contributed by atoms with Gasteiger partial charge >= 0.3 is 0 Å². The number of hydrogen-bond acceptors (Lipinski definition) is 6. The fraction of sp³-hybridized carbons (Fsp3) is 0.130. The van der Waals surface area contributed by atoms with Gasteiger partial charge in [-0.25, -0.2) is 9.97 Å². The maximum absolute atomic E-state index is 12.7. The number of para-hydroxylation sites is 1. The van der Waals surface area contributed by atoms with Crippen molar-refractivity contribution >= 4 is 40.2 Å². The Hall–Kier alpha value is -3.78. The van der Waals surface area contributed by atoms with Crippen molar-refractivity contribution in [2.75, 3.05) is 10.6 Å². The second kappa shape index (κ2) is 8.16. The fourth-order valence-electron chi connectivity index (χ4n) is 3.76. The van der Waals surface area contributed by atoms with Crippen molar-refractivity contribution in [3.05, 3.63) is 76.5 Å². The second-order valence-electron chi connectivity index (χ2n) is 7.25. The highest BCUT2D eigenvalue weighted by Crippen LogP contribution is 2.39. The Bertz CT molecular complexity index is 1250. The number of carbonyl (C=O) groups excluding carboxylic acids is 2. The summed E-state index contributed by atoms with van der Waals surface area (Å²) in [5, 5.41) is 7.90. The van der Waals surface area contributed by atoms with E-state index in [-0.39, 0.29) is 11.7 Å². The van der Waals surface area contributed by atoms with Crippen molar-refractivity contribution in [1.82, 2.24) is 15.0 Å². The third-order valence-corrected chi connectivity index (χ3v) is 5.77. The molecule has 0 unspecified atom stereocenters. The number of ketones is 1. The molecular formula is C23H19N5O2S. The molecule has 1 amide bonds. The van der Waals surface area contributed by atoms with Crippen LogP contribution in [0.5, 0.6) is 0 Å². The van der Waals surface area contributed by atoms with Gasteiger partial charge in [0.2, 0.25) is 0 Å². The molecule has 0 aliphatic heterocycles. The van der Waals surface area contributed by atoms with E-state index >= 15 is 0 Å². The zero-order valence-corrected chi connectivity index (χ0v) is 17.3. The number of H-pyrrole nitrogens is 1. The smallest absolute Gasteiger partial charge is 0.276 e. The van der Waals surface area contributed by atoms with Crippen molar-refractivity contribution in [3.8, 4) is 11.3 Å². The molecule has 7 nitrogen and oxygen atoms in total. The summed E-state index contributed by atoms with van der Waals surface area (Å²) in [4.78, 5) is 36.9. The summed E-state index contributed by atoms with van der Waals surface area (Å²) in [5.74, 6) is 0.239. The van der Waals surface area contributed by atoms with E-state index in [1.165, 1.54) is 11.3 Å². The number of rotatable bonds is 5. The fourth-order valence-corrected chi connectivity index (χ4v) is 4.30. The topological polar surface area (TPSA) is 99.8 Å². The van der Waals surface area contributed by atoms with Crippen LogP contribution >= 0.6 is 11.3 Å². The van der Waals surface area contributed by atoms with Gasteiger partial charge in [-0.15, -0.1) is 11.3 Å². The summed E-state index contributed by atoms with van der Waals surface area (Å²) in [5.41, 5.74) is 6.90. The van der Waals surface area contributed by atoms with Gasteiger partial charge < -0.3 is 15.6 Å². The lowest BCUT2D eigenvalue weighted by molar-refractivity contribution is 0.0972. The third-order valence-electron chi connectivity index (χ3n) is 5.19. The van der Waals surface area contributed by atoms with Crippen LogP contribution < -0.4 is 10.6 Å². The average molecular weight is 430 g/mol. The highest BCUT2D eigenvalue weighted by molar-refractivity contribution is 7.07. The number of aromatic nitrogens is 3. The van der Waals surface area contributed by atoms with Crippen molar-refractivity contribution in [3.63, 3.8) is 0 Å². The van der Waals surface area contributed by atoms with Crippen LogP contribution in [-0.2, 0) is 6.42 Å². The molecule has 31 heavy (non-hydrogen) atoms. The van der Waals surface area contributed by atoms with Gasteiger partial charge in [-0.3, -0.25) is 9.59 Å². The molecule has 3 N–H and O–H groups in total. The number of benzene rings is 1. The summed E-state index contributed by atoms with van der Waals surface area (Å²) in [6, 6.07) is 13.4. The molecule has 3 heterocycles. The zero-order chi connectivity index (χ0) is 21.2. The van der Waals surface area contributed by atoms with Gasteiger partial charge in [0.1, 0.15) is 11.5 Å². The first-order valence-corrected chi connectivity index (χ1v) is 10.9. The molecule has 0 atom stereocenters. The van der Waals surface area contributed by atoms with E-state index in [2.05, 4.69) is 25.6 Å². The lowest BCUT2D eigenvalue weighted by Crippen LogP contribution is -2.13. The molecular weight excluding hydrogens is 410 g/mol. The number of amides is 1. The minimum atomic E-state index is -0.311. The standard InChI is InChI=1S/C23H19N5O2S/c29-18-8-4-7-16-20(18)22(26-15-5-2-1-3-6-15)21(27-16)14-9-10-24-19(11-14)28-23(30)17-12-31-13-25-17/h1-3,5-6,9-13,26-27H,4,7-8H2,(H,24,28,30). The Kier molecular flexibility index (Phi) is 5.05. The van der Waals surface area contributed by atoms with Crippen LogP contribution in [0.2, 0.25) is 0 Å². The number of nitrogens with zero attached hydrogens (tertiary/aromatic N) is 2. The Morgan fingerprint density at radius 1 is 1.10 bits per heavy atom. The molecule has 3 aromatic heterocycles. The minimum absolute atomic E-state index is 0.133. The van der Waals surface area contributed by atoms with E-state index < -0.39 is 0 Å². The first-order chi connectivity index (χ1) is 15.2. The Morgan fingerprint density at radius 3 is 2.77 bits per heavy atom. The number of carbonyl (C=O) groups is 2. The molecule has 0 bridgehead atoms. The van der Waals surface area contributed by atoms with Gasteiger partial charge in [0.05, 0.1) is 22.5 Å². The number of Topliss-reactive ketones (excluding diaryl/α,β-unsaturated/α-hetero) is 1. The lowest BCUT2D eigenvalue weighted by Gasteiger charge is -2.14. The van der Waals surface area contributed by atoms with Gasteiger partial charge in [0, 0.05) is 34.9 Å². The van der Waals surface area contributed by atoms with Crippen LogP contribution in [0.15, 0.2) is 59.6 Å². The van der Waals surface area contributed by atoms with Gasteiger partial charge in [-0.1, -0.05) is 18.2 Å². The Morgan fingerprint density at radius 2 is 1.97 bits per heavy atom. The van der Waals surface area contributed by atoms with Crippen LogP contribution in [0.1, 0.15) is 39.4 Å². The van der Waals surface area contributed by atoms with Crippen molar-refractivity contribution < 1.29 is 9.59 Å². The number of aromatic amines is 1. The molecule has 1 aliphatic rings. The Balaban J connectivity index is 1.54. The molecule has 154 valence electrons. The average Bonchev–Trinajstić information content (AvgIpc) is 3.44. The van der Waals surface area contributed by atoms with Crippen LogP contribution in [0.4, 0.5) is 17.2 Å². The maximum atomic E-state index is 12.7. The summed E-state index contributed by atoms with van der Waals surface area (Å²) < 4.78 is 0. The van der Waals surface area contributed by atoms with Crippen molar-refractivity contribution in [2.45, 2.75) is 19.3 Å². The van der Waals surface area contributed by atoms with Crippen molar-refractivity contribution in [2.24, 2.45) is 0 Å². The number of thiazole rings is 1. The molecule has 0 fully saturated rings. The number of fused-ring (bicyclic) bond motifs is 1. The highest BCUT2D eigenvalue weighted by atomic mass is 32.1. The predicted octanol–water partition coefficient (Wildman–Crippen LogP) is 5.05. The van der Waals surface area contributed by atoms with Crippen LogP contribution in [0.3, 0.4) is 0 Å². The Labute approximate surface area is 182 Å². The van der Waals surface area contributed by atoms with E-state index in [9.17, 15) is 9.59 Å². The van der Waals surface area contributed by atoms with Gasteiger partial charge in [-0.2, -0.15) is 0 Å². The number of nitrogens with one attached hydrogen (secondary N) is 3. The second-order valence-corrected chi connectivity index (χ2v) is 7.97. The zero-order valence-electron chi connectivity index (χ0n) is 16.5. The van der Waals surface area contributed by atoms with Crippen LogP contribution in [0, 0.1) is 0 Å². The normalized spacial score (nSPS) is 13.0. The van der Waals surface area contributed by atoms with Crippen molar-refractivity contribution in [1.29, 1.82) is 0 Å². The van der Waals surface area contributed by atoms with Gasteiger partial charge in [0.15, 0.2) is 5.78 Å². The SMILES string of the molecule is O=C(Nc1cc(-c2[nH]c3c(c2Nc2ccccc2)C(=O)CCC3)ccn1)c1cscn1. The third kappa shape index (κ3) is 3.85. The molecule has 0 spiro atoms. The maximum Gasteiger partial charge on any atom is 0.276 e. The number of aryl methyl sites for hydroxylation is 1. The lowest BCUT2D eigenvalue weighted by atomic mass is 9.95. The van der Waals surface area contributed by atoms with E-state index in [1.54, 1.807) is 23.2 Å². The summed E-state index contributed by atoms with van der Waals surface area (Å²) in [7, 11) is 0. The number of hydrogen-bond donors (Lipinski definition) is 3. The highest BCUT2D eigenvalue weighted by Gasteiger charge is 2.27.